The van der Waals surface area contributed by atoms with Crippen molar-refractivity contribution in [2.45, 2.75) is 52.2 Å². The van der Waals surface area contributed by atoms with Crippen LogP contribution < -0.4 is 5.56 Å². The van der Waals surface area contributed by atoms with E-state index in [1.54, 1.807) is 30.5 Å². The summed E-state index contributed by atoms with van der Waals surface area (Å²) in [5.74, 6) is -0.0646. The number of H-pyrrole nitrogens is 1. The molecule has 0 radical (unpaired) electrons. The number of aryl methyl sites for hydroxylation is 1. The van der Waals surface area contributed by atoms with Gasteiger partial charge in [-0.05, 0) is 51.8 Å². The molecule has 0 aliphatic heterocycles. The van der Waals surface area contributed by atoms with Gasteiger partial charge in [0.15, 0.2) is 16.7 Å². The minimum atomic E-state index is -0.124. The first kappa shape index (κ1) is 21.0. The molecule has 0 saturated carbocycles. The number of nitrogens with one attached hydrogen (secondary N) is 1. The summed E-state index contributed by atoms with van der Waals surface area (Å²) in [5, 5.41) is 1.11. The fourth-order valence-corrected chi connectivity index (χ4v) is 4.53. The van der Waals surface area contributed by atoms with Crippen LogP contribution in [0.1, 0.15) is 65.3 Å². The quantitative estimate of drug-likeness (QED) is 0.352. The van der Waals surface area contributed by atoms with E-state index in [1.807, 2.05) is 26.0 Å². The molecule has 2 heterocycles. The lowest BCUT2D eigenvalue weighted by Gasteiger charge is -2.18. The van der Waals surface area contributed by atoms with Crippen LogP contribution in [0.2, 0.25) is 0 Å². The summed E-state index contributed by atoms with van der Waals surface area (Å²) in [7, 11) is 0. The highest BCUT2D eigenvalue weighted by Gasteiger charge is 2.21. The standard InChI is InChI=1S/C22H25N3O3S/c1-6-12(2)25-21(28)16-9-7-8-10-17(16)24-22(25)29-11-18(27)20-13(3)19(15(5)26)14(4)23-20/h7-10,12,23H,6,11H2,1-5H3. The fourth-order valence-electron chi connectivity index (χ4n) is 3.56. The van der Waals surface area contributed by atoms with E-state index in [9.17, 15) is 14.4 Å². The van der Waals surface area contributed by atoms with E-state index in [0.717, 1.165) is 6.42 Å². The molecule has 1 atom stereocenters. The highest BCUT2D eigenvalue weighted by molar-refractivity contribution is 7.99. The Hall–Kier alpha value is -2.67. The molecule has 2 aromatic heterocycles. The van der Waals surface area contributed by atoms with Crippen molar-refractivity contribution < 1.29 is 9.59 Å². The van der Waals surface area contributed by atoms with Crippen molar-refractivity contribution >= 4 is 34.2 Å². The first-order valence-electron chi connectivity index (χ1n) is 9.63. The van der Waals surface area contributed by atoms with Crippen LogP contribution in [0.3, 0.4) is 0 Å². The maximum Gasteiger partial charge on any atom is 0.262 e. The maximum atomic E-state index is 13.0. The lowest BCUT2D eigenvalue weighted by atomic mass is 10.1. The highest BCUT2D eigenvalue weighted by atomic mass is 32.2. The molecule has 3 rings (SSSR count). The van der Waals surface area contributed by atoms with Crippen LogP contribution in [0.15, 0.2) is 34.2 Å². The molecule has 29 heavy (non-hydrogen) atoms. The van der Waals surface area contributed by atoms with Crippen molar-refractivity contribution in [1.29, 1.82) is 0 Å². The van der Waals surface area contributed by atoms with Crippen LogP contribution >= 0.6 is 11.8 Å². The number of fused-ring (bicyclic) bond motifs is 1. The average Bonchev–Trinajstić information content (AvgIpc) is 3.00. The number of rotatable bonds is 7. The molecule has 0 aliphatic rings. The zero-order chi connectivity index (χ0) is 21.3. The monoisotopic (exact) mass is 411 g/mol. The summed E-state index contributed by atoms with van der Waals surface area (Å²) in [4.78, 5) is 45.4. The normalized spacial score (nSPS) is 12.3. The SMILES string of the molecule is CCC(C)n1c(SCC(=O)c2[nH]c(C)c(C(C)=O)c2C)nc2ccccc2c1=O. The number of carbonyl (C=O) groups excluding carboxylic acids is 2. The molecular weight excluding hydrogens is 386 g/mol. The highest BCUT2D eigenvalue weighted by Crippen LogP contribution is 2.25. The summed E-state index contributed by atoms with van der Waals surface area (Å²) >= 11 is 1.25. The molecule has 0 fully saturated rings. The Morgan fingerprint density at radius 3 is 2.55 bits per heavy atom. The van der Waals surface area contributed by atoms with Crippen LogP contribution in [-0.4, -0.2) is 31.9 Å². The Kier molecular flexibility index (Phi) is 6.07. The van der Waals surface area contributed by atoms with E-state index in [4.69, 9.17) is 0 Å². The van der Waals surface area contributed by atoms with Gasteiger partial charge < -0.3 is 4.98 Å². The van der Waals surface area contributed by atoms with E-state index in [1.165, 1.54) is 18.7 Å². The number of para-hydroxylation sites is 1. The maximum absolute atomic E-state index is 13.0. The number of aromatic amines is 1. The molecule has 7 heteroatoms. The van der Waals surface area contributed by atoms with Crippen LogP contribution in [-0.2, 0) is 0 Å². The van der Waals surface area contributed by atoms with Gasteiger partial charge in [-0.3, -0.25) is 19.0 Å². The molecule has 0 saturated heterocycles. The second kappa shape index (κ2) is 8.37. The van der Waals surface area contributed by atoms with Gasteiger partial charge in [-0.15, -0.1) is 0 Å². The van der Waals surface area contributed by atoms with Crippen molar-refractivity contribution in [3.63, 3.8) is 0 Å². The molecule has 1 aromatic carbocycles. The number of carbonyl (C=O) groups is 2. The molecule has 0 bridgehead atoms. The van der Waals surface area contributed by atoms with Gasteiger partial charge in [0.25, 0.3) is 5.56 Å². The summed E-state index contributed by atoms with van der Waals surface area (Å²) < 4.78 is 1.67. The smallest absolute Gasteiger partial charge is 0.262 e. The molecule has 3 aromatic rings. The molecule has 1 unspecified atom stereocenters. The van der Waals surface area contributed by atoms with E-state index < -0.39 is 0 Å². The number of hydrogen-bond acceptors (Lipinski definition) is 5. The number of aromatic nitrogens is 3. The lowest BCUT2D eigenvalue weighted by Crippen LogP contribution is -2.26. The average molecular weight is 412 g/mol. The first-order chi connectivity index (χ1) is 13.8. The van der Waals surface area contributed by atoms with Gasteiger partial charge in [-0.2, -0.15) is 0 Å². The minimum Gasteiger partial charge on any atom is -0.355 e. The van der Waals surface area contributed by atoms with Crippen LogP contribution in [0.5, 0.6) is 0 Å². The van der Waals surface area contributed by atoms with E-state index >= 15 is 0 Å². The topological polar surface area (TPSA) is 84.8 Å². The molecule has 6 nitrogen and oxygen atoms in total. The third kappa shape index (κ3) is 3.92. The van der Waals surface area contributed by atoms with Crippen molar-refractivity contribution in [3.8, 4) is 0 Å². The Balaban J connectivity index is 1.96. The number of thioether (sulfide) groups is 1. The van der Waals surface area contributed by atoms with Gasteiger partial charge in [-0.1, -0.05) is 30.8 Å². The zero-order valence-corrected chi connectivity index (χ0v) is 18.1. The number of benzene rings is 1. The Morgan fingerprint density at radius 2 is 1.93 bits per heavy atom. The largest absolute Gasteiger partial charge is 0.355 e. The Bertz CT molecular complexity index is 1160. The van der Waals surface area contributed by atoms with E-state index in [2.05, 4.69) is 9.97 Å². The zero-order valence-electron chi connectivity index (χ0n) is 17.3. The summed E-state index contributed by atoms with van der Waals surface area (Å²) in [6, 6.07) is 7.22. The molecule has 0 amide bonds. The van der Waals surface area contributed by atoms with Gasteiger partial charge in [0.1, 0.15) is 0 Å². The summed E-state index contributed by atoms with van der Waals surface area (Å²) in [5.41, 5.74) is 2.91. The fraction of sp³-hybridized carbons (Fsp3) is 0.364. The van der Waals surface area contributed by atoms with Crippen molar-refractivity contribution in [3.05, 3.63) is 57.1 Å². The Morgan fingerprint density at radius 1 is 1.24 bits per heavy atom. The minimum absolute atomic E-state index is 0.0315. The number of Topliss-reactive ketones (excluding diaryl/α,β-unsaturated/α-hetero) is 2. The lowest BCUT2D eigenvalue weighted by molar-refractivity contribution is 0.101. The van der Waals surface area contributed by atoms with Gasteiger partial charge in [0.2, 0.25) is 0 Å². The second-order valence-corrected chi connectivity index (χ2v) is 8.18. The Labute approximate surface area is 173 Å². The van der Waals surface area contributed by atoms with Crippen LogP contribution in [0, 0.1) is 13.8 Å². The number of ketones is 2. The van der Waals surface area contributed by atoms with Gasteiger partial charge in [-0.25, -0.2) is 4.98 Å². The third-order valence-electron chi connectivity index (χ3n) is 5.21. The van der Waals surface area contributed by atoms with Crippen molar-refractivity contribution in [2.24, 2.45) is 0 Å². The number of hydrogen-bond donors (Lipinski definition) is 1. The van der Waals surface area contributed by atoms with Crippen LogP contribution in [0.4, 0.5) is 0 Å². The van der Waals surface area contributed by atoms with Crippen molar-refractivity contribution in [1.82, 2.24) is 14.5 Å². The molecule has 0 spiro atoms. The van der Waals surface area contributed by atoms with E-state index in [-0.39, 0.29) is 28.9 Å². The second-order valence-electron chi connectivity index (χ2n) is 7.24. The molecule has 0 aliphatic carbocycles. The van der Waals surface area contributed by atoms with Gasteiger partial charge >= 0.3 is 0 Å². The predicted molar refractivity (Wildman–Crippen MR) is 116 cm³/mol. The molecular formula is C22H25N3O3S. The summed E-state index contributed by atoms with van der Waals surface area (Å²) in [6.45, 7) is 9.05. The summed E-state index contributed by atoms with van der Waals surface area (Å²) in [6.07, 6.45) is 0.776. The predicted octanol–water partition coefficient (Wildman–Crippen LogP) is 4.49. The van der Waals surface area contributed by atoms with Gasteiger partial charge in [0, 0.05) is 17.3 Å². The van der Waals surface area contributed by atoms with Crippen LogP contribution in [0.25, 0.3) is 10.9 Å². The molecule has 152 valence electrons. The number of nitrogens with zero attached hydrogens (tertiary/aromatic N) is 2. The van der Waals surface area contributed by atoms with Crippen molar-refractivity contribution in [2.75, 3.05) is 5.75 Å². The third-order valence-corrected chi connectivity index (χ3v) is 6.16. The van der Waals surface area contributed by atoms with Gasteiger partial charge in [0.05, 0.1) is 22.3 Å². The van der Waals surface area contributed by atoms with E-state index in [0.29, 0.717) is 38.6 Å². The first-order valence-corrected chi connectivity index (χ1v) is 10.6. The molecule has 1 N–H and O–H groups in total.